The van der Waals surface area contributed by atoms with Gasteiger partial charge in [0, 0.05) is 0 Å². The average molecular weight is 169 g/mol. The van der Waals surface area contributed by atoms with E-state index >= 15 is 0 Å². The summed E-state index contributed by atoms with van der Waals surface area (Å²) in [4.78, 5) is 9.27. The van der Waals surface area contributed by atoms with Crippen LogP contribution in [0.3, 0.4) is 0 Å². The molecule has 4 heteroatoms. The van der Waals surface area contributed by atoms with Gasteiger partial charge in [0.25, 0.3) is 0 Å². The van der Waals surface area contributed by atoms with Gasteiger partial charge in [-0.2, -0.15) is 0 Å². The van der Waals surface area contributed by atoms with Crippen LogP contribution < -0.4 is 0 Å². The molecule has 0 spiro atoms. The molecular weight excluding hydrogens is 158 g/mol. The standard InChI is InChI=1S/C7H11NO2Si/c1-11(2,3)7-5-4-6-8(9)10/h4,6H,1-3H3/b6-4+. The predicted molar refractivity (Wildman–Crippen MR) is 47.3 cm³/mol. The molecule has 0 aliphatic heterocycles. The van der Waals surface area contributed by atoms with Crippen LogP contribution in [-0.4, -0.2) is 13.0 Å². The molecule has 0 aliphatic rings. The fourth-order valence-corrected chi connectivity index (χ4v) is 0.873. The molecule has 0 bridgehead atoms. The van der Waals surface area contributed by atoms with E-state index in [0.29, 0.717) is 0 Å². The summed E-state index contributed by atoms with van der Waals surface area (Å²) in [7, 11) is -1.36. The van der Waals surface area contributed by atoms with Gasteiger partial charge in [0.2, 0.25) is 6.20 Å². The van der Waals surface area contributed by atoms with Gasteiger partial charge in [-0.25, -0.2) is 0 Å². The van der Waals surface area contributed by atoms with Gasteiger partial charge < -0.3 is 0 Å². The normalized spacial score (nSPS) is 10.8. The van der Waals surface area contributed by atoms with Crippen molar-refractivity contribution >= 4 is 8.07 Å². The molecule has 0 atom stereocenters. The molecule has 0 rings (SSSR count). The molecule has 0 saturated carbocycles. The molecule has 11 heavy (non-hydrogen) atoms. The number of hydrogen-bond acceptors (Lipinski definition) is 2. The van der Waals surface area contributed by atoms with Crippen LogP contribution in [0.25, 0.3) is 0 Å². The average Bonchev–Trinajstić information content (AvgIpc) is 1.78. The Kier molecular flexibility index (Phi) is 3.55. The highest BCUT2D eigenvalue weighted by Gasteiger charge is 2.06. The largest absolute Gasteiger partial charge is 0.259 e. The Morgan fingerprint density at radius 3 is 2.36 bits per heavy atom. The van der Waals surface area contributed by atoms with E-state index in [4.69, 9.17) is 0 Å². The second-order valence-corrected chi connectivity index (χ2v) is 7.87. The van der Waals surface area contributed by atoms with Crippen LogP contribution in [0, 0.1) is 21.6 Å². The number of rotatable bonds is 1. The molecule has 0 fully saturated rings. The molecule has 0 aromatic carbocycles. The summed E-state index contributed by atoms with van der Waals surface area (Å²) in [5.74, 6) is 2.65. The Hall–Kier alpha value is -1.08. The van der Waals surface area contributed by atoms with Gasteiger partial charge in [-0.3, -0.25) is 10.1 Å². The maximum Gasteiger partial charge on any atom is 0.242 e. The van der Waals surface area contributed by atoms with Crippen LogP contribution in [-0.2, 0) is 0 Å². The van der Waals surface area contributed by atoms with Crippen molar-refractivity contribution in [1.29, 1.82) is 0 Å². The molecule has 0 N–H and O–H groups in total. The molecule has 3 nitrogen and oxygen atoms in total. The van der Waals surface area contributed by atoms with Gasteiger partial charge in [-0.05, 0) is 0 Å². The minimum Gasteiger partial charge on any atom is -0.259 e. The van der Waals surface area contributed by atoms with Gasteiger partial charge in [0.05, 0.1) is 11.0 Å². The lowest BCUT2D eigenvalue weighted by molar-refractivity contribution is -0.402. The van der Waals surface area contributed by atoms with Crippen molar-refractivity contribution in [3.63, 3.8) is 0 Å². The molecule has 0 heterocycles. The van der Waals surface area contributed by atoms with Crippen LogP contribution in [0.1, 0.15) is 0 Å². The summed E-state index contributed by atoms with van der Waals surface area (Å²) in [5, 5.41) is 9.79. The summed E-state index contributed by atoms with van der Waals surface area (Å²) in [6.07, 6.45) is 2.13. The first kappa shape index (κ1) is 9.92. The molecule has 0 unspecified atom stereocenters. The lowest BCUT2D eigenvalue weighted by Gasteiger charge is -2.01. The summed E-state index contributed by atoms with van der Waals surface area (Å²) >= 11 is 0. The molecule has 0 aromatic heterocycles. The van der Waals surface area contributed by atoms with E-state index in [0.717, 1.165) is 6.20 Å². The second-order valence-electron chi connectivity index (χ2n) is 3.12. The molecule has 0 aromatic rings. The van der Waals surface area contributed by atoms with Crippen molar-refractivity contribution in [3.8, 4) is 11.5 Å². The third-order valence-electron chi connectivity index (χ3n) is 0.727. The third-order valence-corrected chi connectivity index (χ3v) is 1.62. The molecule has 0 amide bonds. The van der Waals surface area contributed by atoms with Gasteiger partial charge in [0.15, 0.2) is 0 Å². The zero-order valence-electron chi connectivity index (χ0n) is 6.92. The van der Waals surface area contributed by atoms with Crippen LogP contribution in [0.15, 0.2) is 12.3 Å². The number of nitrogens with zero attached hydrogens (tertiary/aromatic N) is 1. The first-order chi connectivity index (χ1) is 4.92. The van der Waals surface area contributed by atoms with Crippen LogP contribution in [0.5, 0.6) is 0 Å². The molecule has 0 saturated heterocycles. The lowest BCUT2D eigenvalue weighted by Crippen LogP contribution is -2.16. The summed E-state index contributed by atoms with van der Waals surface area (Å²) < 4.78 is 0. The van der Waals surface area contributed by atoms with Crippen LogP contribution >= 0.6 is 0 Å². The maximum atomic E-state index is 9.79. The smallest absolute Gasteiger partial charge is 0.242 e. The van der Waals surface area contributed by atoms with Gasteiger partial charge in [0.1, 0.15) is 8.07 Å². The summed E-state index contributed by atoms with van der Waals surface area (Å²) in [5.41, 5.74) is 2.97. The highest BCUT2D eigenvalue weighted by atomic mass is 28.3. The second kappa shape index (κ2) is 3.94. The maximum absolute atomic E-state index is 9.79. The molecule has 0 radical (unpaired) electrons. The van der Waals surface area contributed by atoms with Crippen LogP contribution in [0.2, 0.25) is 19.6 Å². The molecular formula is C7H11NO2Si. The quantitative estimate of drug-likeness (QED) is 0.259. The van der Waals surface area contributed by atoms with Gasteiger partial charge >= 0.3 is 0 Å². The van der Waals surface area contributed by atoms with E-state index in [1.54, 1.807) is 0 Å². The first-order valence-corrected chi connectivity index (χ1v) is 6.75. The Morgan fingerprint density at radius 1 is 1.45 bits per heavy atom. The fraction of sp³-hybridized carbons (Fsp3) is 0.429. The van der Waals surface area contributed by atoms with Gasteiger partial charge in [-0.15, -0.1) is 5.54 Å². The van der Waals surface area contributed by atoms with Crippen molar-refractivity contribution in [1.82, 2.24) is 0 Å². The minimum absolute atomic E-state index is 0.515. The van der Waals surface area contributed by atoms with Crippen molar-refractivity contribution < 1.29 is 4.92 Å². The van der Waals surface area contributed by atoms with Gasteiger partial charge in [-0.1, -0.05) is 25.6 Å². The topological polar surface area (TPSA) is 43.1 Å². The Morgan fingerprint density at radius 2 is 2.00 bits per heavy atom. The zero-order valence-corrected chi connectivity index (χ0v) is 7.92. The Balaban J connectivity index is 4.02. The zero-order chi connectivity index (χ0) is 8.91. The summed E-state index contributed by atoms with van der Waals surface area (Å²) in [6, 6.07) is 0. The third kappa shape index (κ3) is 8.92. The predicted octanol–water partition coefficient (Wildman–Crippen LogP) is 1.66. The fourth-order valence-electron chi connectivity index (χ4n) is 0.356. The first-order valence-electron chi connectivity index (χ1n) is 3.25. The number of hydrogen-bond donors (Lipinski definition) is 0. The number of allylic oxidation sites excluding steroid dienone is 1. The lowest BCUT2D eigenvalue weighted by atomic mass is 10.6. The van der Waals surface area contributed by atoms with Crippen molar-refractivity contribution in [2.24, 2.45) is 0 Å². The van der Waals surface area contributed by atoms with Crippen molar-refractivity contribution in [3.05, 3.63) is 22.4 Å². The minimum atomic E-state index is -1.36. The Bertz CT molecular complexity index is 229. The van der Waals surface area contributed by atoms with Crippen LogP contribution in [0.4, 0.5) is 0 Å². The van der Waals surface area contributed by atoms with E-state index in [1.807, 2.05) is 0 Å². The number of nitro groups is 1. The van der Waals surface area contributed by atoms with Crippen molar-refractivity contribution in [2.45, 2.75) is 19.6 Å². The molecule has 0 aliphatic carbocycles. The van der Waals surface area contributed by atoms with E-state index in [2.05, 4.69) is 31.1 Å². The SMILES string of the molecule is C[Si](C)(C)C#C/C=C/[N+](=O)[O-]. The van der Waals surface area contributed by atoms with E-state index in [1.165, 1.54) is 6.08 Å². The molecule has 60 valence electrons. The van der Waals surface area contributed by atoms with E-state index in [-0.39, 0.29) is 0 Å². The summed E-state index contributed by atoms with van der Waals surface area (Å²) in [6.45, 7) is 6.25. The Labute approximate surface area is 67.3 Å². The monoisotopic (exact) mass is 169 g/mol. The highest BCUT2D eigenvalue weighted by Crippen LogP contribution is 1.95. The van der Waals surface area contributed by atoms with E-state index in [9.17, 15) is 10.1 Å². The highest BCUT2D eigenvalue weighted by molar-refractivity contribution is 6.83. The van der Waals surface area contributed by atoms with E-state index < -0.39 is 13.0 Å². The van der Waals surface area contributed by atoms with Crippen molar-refractivity contribution in [2.75, 3.05) is 0 Å².